The second-order valence-corrected chi connectivity index (χ2v) is 12.3. The van der Waals surface area contributed by atoms with Crippen LogP contribution in [0, 0.1) is 12.8 Å². The molecule has 5 aliphatic rings. The number of aromatic nitrogens is 1. The number of halogens is 3. The first kappa shape index (κ1) is 26.8. The molecule has 1 amide bonds. The number of hydrogen-bond acceptors (Lipinski definition) is 7. The van der Waals surface area contributed by atoms with Gasteiger partial charge in [0.25, 0.3) is 0 Å². The van der Waals surface area contributed by atoms with Crippen LogP contribution >= 0.6 is 11.8 Å². The van der Waals surface area contributed by atoms with Gasteiger partial charge in [-0.15, -0.1) is 11.8 Å². The molecule has 3 N–H and O–H groups in total. The molecule has 1 aromatic heterocycles. The van der Waals surface area contributed by atoms with Gasteiger partial charge in [0.1, 0.15) is 12.4 Å². The molecule has 0 aromatic carbocycles. The Balaban J connectivity index is 1.12. The van der Waals surface area contributed by atoms with Crippen LogP contribution in [0.5, 0.6) is 0 Å². The number of nitrogens with zero attached hydrogens (tertiary/aromatic N) is 3. The van der Waals surface area contributed by atoms with Crippen molar-refractivity contribution >= 4 is 23.5 Å². The van der Waals surface area contributed by atoms with Crippen LogP contribution in [-0.2, 0) is 16.0 Å². The summed E-state index contributed by atoms with van der Waals surface area (Å²) in [5.74, 6) is -0.483. The number of amides is 1. The SMILES string of the molecule is Cc1cc2c(cn1)C(S[C@H]1CN(C3CCOC3)CC1NC(=O)CN=C1NNC3C=CC(C(F)(F)F)=CC13)CC2. The van der Waals surface area contributed by atoms with Gasteiger partial charge < -0.3 is 15.5 Å². The Morgan fingerprint density at radius 2 is 2.21 bits per heavy atom. The number of ether oxygens (including phenoxy) is 1. The summed E-state index contributed by atoms with van der Waals surface area (Å²) in [6.07, 6.45) is 4.39. The number of hydrazine groups is 1. The zero-order valence-corrected chi connectivity index (χ0v) is 22.5. The van der Waals surface area contributed by atoms with Crippen LogP contribution in [0.15, 0.2) is 41.1 Å². The zero-order chi connectivity index (χ0) is 27.1. The lowest BCUT2D eigenvalue weighted by atomic mass is 9.92. The summed E-state index contributed by atoms with van der Waals surface area (Å²) in [4.78, 5) is 24.4. The summed E-state index contributed by atoms with van der Waals surface area (Å²) < 4.78 is 45.3. The average molecular weight is 563 g/mol. The van der Waals surface area contributed by atoms with Crippen molar-refractivity contribution < 1.29 is 22.7 Å². The Morgan fingerprint density at radius 3 is 3.00 bits per heavy atom. The number of aryl methyl sites for hydroxylation is 2. The van der Waals surface area contributed by atoms with Crippen LogP contribution < -0.4 is 16.2 Å². The predicted molar refractivity (Wildman–Crippen MR) is 143 cm³/mol. The van der Waals surface area contributed by atoms with E-state index in [1.165, 1.54) is 17.2 Å². The number of rotatable bonds is 6. The third-order valence-corrected chi connectivity index (χ3v) is 9.86. The van der Waals surface area contributed by atoms with Gasteiger partial charge in [-0.1, -0.05) is 18.2 Å². The van der Waals surface area contributed by atoms with Crippen LogP contribution in [0.3, 0.4) is 0 Å². The van der Waals surface area contributed by atoms with Gasteiger partial charge in [0.15, 0.2) is 0 Å². The third-order valence-electron chi connectivity index (χ3n) is 8.22. The van der Waals surface area contributed by atoms with Gasteiger partial charge in [0.2, 0.25) is 5.91 Å². The van der Waals surface area contributed by atoms with Gasteiger partial charge in [-0.25, -0.2) is 5.43 Å². The average Bonchev–Trinajstić information content (AvgIpc) is 3.69. The molecule has 0 saturated carbocycles. The zero-order valence-electron chi connectivity index (χ0n) is 21.7. The lowest BCUT2D eigenvalue weighted by Gasteiger charge is -2.23. The van der Waals surface area contributed by atoms with Crippen molar-refractivity contribution in [3.05, 3.63) is 52.9 Å². The maximum Gasteiger partial charge on any atom is 0.416 e. The summed E-state index contributed by atoms with van der Waals surface area (Å²) in [6.45, 7) is 4.95. The van der Waals surface area contributed by atoms with Gasteiger partial charge in [-0.2, -0.15) is 13.2 Å². The molecule has 2 aliphatic carbocycles. The quantitative estimate of drug-likeness (QED) is 0.491. The van der Waals surface area contributed by atoms with Crippen molar-refractivity contribution in [2.24, 2.45) is 10.9 Å². The Hall–Kier alpha value is -2.41. The number of carbonyl (C=O) groups excluding carboxylic acids is 1. The van der Waals surface area contributed by atoms with E-state index in [1.54, 1.807) is 0 Å². The number of thioether (sulfide) groups is 1. The van der Waals surface area contributed by atoms with Crippen molar-refractivity contribution in [2.45, 2.75) is 61.0 Å². The Bertz CT molecular complexity index is 1200. The number of alkyl halides is 3. The molecule has 210 valence electrons. The molecule has 0 bridgehead atoms. The van der Waals surface area contributed by atoms with Gasteiger partial charge in [0, 0.05) is 48.1 Å². The van der Waals surface area contributed by atoms with Crippen molar-refractivity contribution in [1.29, 1.82) is 0 Å². The number of pyridine rings is 1. The van der Waals surface area contributed by atoms with Crippen molar-refractivity contribution in [1.82, 2.24) is 26.1 Å². The molecule has 3 fully saturated rings. The molecule has 6 atom stereocenters. The molecule has 0 spiro atoms. The standard InChI is InChI=1S/C27H33F3N6O2S/c1-15-8-16-2-5-23(20(16)10-31-15)39-24-13-36(18-6-7-38-14-18)12-22(24)33-25(37)11-32-26-19-9-17(27(28,29)30)3-4-21(19)34-35-26/h3-4,8-10,18-19,21-24,34H,2,5-7,11-14H2,1H3,(H,32,35)(H,33,37)/t18?,19?,21?,22?,23?,24-/m0/s1. The largest absolute Gasteiger partial charge is 0.416 e. The van der Waals surface area contributed by atoms with E-state index in [0.29, 0.717) is 23.7 Å². The summed E-state index contributed by atoms with van der Waals surface area (Å²) in [6, 6.07) is 2.15. The van der Waals surface area contributed by atoms with Crippen LogP contribution in [0.1, 0.15) is 34.9 Å². The van der Waals surface area contributed by atoms with Gasteiger partial charge >= 0.3 is 6.18 Å². The number of nitrogens with one attached hydrogen (secondary N) is 3. The van der Waals surface area contributed by atoms with Crippen molar-refractivity contribution in [3.8, 4) is 0 Å². The molecule has 5 unspecified atom stereocenters. The monoisotopic (exact) mass is 562 g/mol. The lowest BCUT2D eigenvalue weighted by Crippen LogP contribution is -2.44. The molecule has 8 nitrogen and oxygen atoms in total. The van der Waals surface area contributed by atoms with Crippen molar-refractivity contribution in [3.63, 3.8) is 0 Å². The number of carbonyl (C=O) groups is 1. The smallest absolute Gasteiger partial charge is 0.380 e. The van der Waals surface area contributed by atoms with Gasteiger partial charge in [-0.05, 0) is 43.4 Å². The van der Waals surface area contributed by atoms with E-state index in [1.807, 2.05) is 24.9 Å². The Labute approximate surface area is 229 Å². The summed E-state index contributed by atoms with van der Waals surface area (Å²) >= 11 is 1.92. The number of amidine groups is 1. The van der Waals surface area contributed by atoms with Gasteiger partial charge in [0.05, 0.1) is 30.2 Å². The Morgan fingerprint density at radius 1 is 1.33 bits per heavy atom. The highest BCUT2D eigenvalue weighted by Gasteiger charge is 2.41. The topological polar surface area (TPSA) is 90.9 Å². The van der Waals surface area contributed by atoms with Crippen molar-refractivity contribution in [2.75, 3.05) is 32.8 Å². The molecule has 0 radical (unpaired) electrons. The molecule has 6 rings (SSSR count). The van der Waals surface area contributed by atoms with Crippen LogP contribution in [0.2, 0.25) is 0 Å². The van der Waals surface area contributed by atoms with Crippen LogP contribution in [0.25, 0.3) is 0 Å². The molecule has 12 heteroatoms. The molecular formula is C27H33F3N6O2S. The summed E-state index contributed by atoms with van der Waals surface area (Å²) in [7, 11) is 0. The first-order chi connectivity index (χ1) is 18.7. The van der Waals surface area contributed by atoms with E-state index in [2.05, 4.69) is 37.1 Å². The van der Waals surface area contributed by atoms with E-state index < -0.39 is 17.7 Å². The molecule has 39 heavy (non-hydrogen) atoms. The highest BCUT2D eigenvalue weighted by Crippen LogP contribution is 2.45. The van der Waals surface area contributed by atoms with E-state index in [0.717, 1.165) is 56.8 Å². The lowest BCUT2D eigenvalue weighted by molar-refractivity contribution is -0.120. The second kappa shape index (κ2) is 10.9. The number of aliphatic imine (C=N–C) groups is 1. The highest BCUT2D eigenvalue weighted by molar-refractivity contribution is 8.00. The Kier molecular flexibility index (Phi) is 7.47. The fraction of sp³-hybridized carbons (Fsp3) is 0.593. The minimum atomic E-state index is -4.42. The fourth-order valence-electron chi connectivity index (χ4n) is 6.17. The van der Waals surface area contributed by atoms with E-state index in [4.69, 9.17) is 4.74 Å². The first-order valence-electron chi connectivity index (χ1n) is 13.5. The summed E-state index contributed by atoms with van der Waals surface area (Å²) in [5.41, 5.74) is 8.79. The molecule has 1 aromatic rings. The molecular weight excluding hydrogens is 529 g/mol. The minimum absolute atomic E-state index is 0.0532. The van der Waals surface area contributed by atoms with E-state index >= 15 is 0 Å². The maximum absolute atomic E-state index is 13.2. The van der Waals surface area contributed by atoms with E-state index in [9.17, 15) is 18.0 Å². The molecule has 4 heterocycles. The highest BCUT2D eigenvalue weighted by atomic mass is 32.2. The maximum atomic E-state index is 13.2. The normalized spacial score (nSPS) is 33.2. The van der Waals surface area contributed by atoms with E-state index in [-0.39, 0.29) is 29.8 Å². The molecule has 3 saturated heterocycles. The number of fused-ring (bicyclic) bond motifs is 2. The number of allylic oxidation sites excluding steroid dienone is 2. The first-order valence-corrected chi connectivity index (χ1v) is 14.4. The predicted octanol–water partition coefficient (Wildman–Crippen LogP) is 2.62. The second-order valence-electron chi connectivity index (χ2n) is 10.9. The number of hydrogen-bond donors (Lipinski definition) is 3. The van der Waals surface area contributed by atoms with Crippen LogP contribution in [-0.4, -0.2) is 84.0 Å². The number of likely N-dealkylation sites (tertiary alicyclic amines) is 1. The third kappa shape index (κ3) is 5.75. The molecule has 3 aliphatic heterocycles. The summed E-state index contributed by atoms with van der Waals surface area (Å²) in [5, 5.41) is 3.75. The minimum Gasteiger partial charge on any atom is -0.380 e. The fourth-order valence-corrected chi connectivity index (χ4v) is 7.82. The van der Waals surface area contributed by atoms with Gasteiger partial charge in [-0.3, -0.25) is 19.7 Å². The van der Waals surface area contributed by atoms with Crippen LogP contribution in [0.4, 0.5) is 13.2 Å².